The molecule has 0 aliphatic heterocycles. The van der Waals surface area contributed by atoms with Gasteiger partial charge in [0, 0.05) is 22.5 Å². The van der Waals surface area contributed by atoms with Crippen molar-refractivity contribution < 1.29 is 9.59 Å². The van der Waals surface area contributed by atoms with Gasteiger partial charge in [-0.25, -0.2) is 4.79 Å². The van der Waals surface area contributed by atoms with E-state index in [9.17, 15) is 9.59 Å². The number of carbonyl (C=O) groups is 2. The van der Waals surface area contributed by atoms with Crippen LogP contribution in [0.4, 0.5) is 4.79 Å². The lowest BCUT2D eigenvalue weighted by Gasteiger charge is -2.00. The normalized spacial score (nSPS) is 9.50. The highest BCUT2D eigenvalue weighted by Gasteiger charge is 2.07. The zero-order valence-corrected chi connectivity index (χ0v) is 8.56. The van der Waals surface area contributed by atoms with Crippen molar-refractivity contribution >= 4 is 34.7 Å². The number of rotatable bonds is 1. The molecule has 3 N–H and O–H groups in total. The van der Waals surface area contributed by atoms with E-state index in [4.69, 9.17) is 17.3 Å². The number of benzene rings is 1. The average molecular weight is 231 g/mol. The number of nitrogens with two attached hydrogens (primary N) is 1. The van der Waals surface area contributed by atoms with Crippen LogP contribution in [0.5, 0.6) is 0 Å². The second-order valence-corrected chi connectivity index (χ2v) is 3.58. The zero-order valence-electron chi connectivity index (χ0n) is 6.99. The number of nitrogens with one attached hydrogen (secondary N) is 1. The molecule has 2 amide bonds. The lowest BCUT2D eigenvalue weighted by atomic mass is 10.2. The van der Waals surface area contributed by atoms with E-state index in [2.05, 4.69) is 4.72 Å². The number of amides is 2. The van der Waals surface area contributed by atoms with E-state index >= 15 is 0 Å². The van der Waals surface area contributed by atoms with Gasteiger partial charge in [-0.1, -0.05) is 23.7 Å². The Kier molecular flexibility index (Phi) is 3.79. The Morgan fingerprint density at radius 1 is 1.43 bits per heavy atom. The summed E-state index contributed by atoms with van der Waals surface area (Å²) in [6, 6.07) is 5.67. The molecule has 0 saturated heterocycles. The van der Waals surface area contributed by atoms with E-state index < -0.39 is 6.03 Å². The van der Waals surface area contributed by atoms with Crippen molar-refractivity contribution in [2.24, 2.45) is 5.73 Å². The van der Waals surface area contributed by atoms with E-state index in [0.717, 1.165) is 0 Å². The van der Waals surface area contributed by atoms with E-state index in [1.54, 1.807) is 18.2 Å². The molecule has 1 aromatic rings. The number of hydrogen-bond acceptors (Lipinski definition) is 3. The predicted molar refractivity (Wildman–Crippen MR) is 56.1 cm³/mol. The highest BCUT2D eigenvalue weighted by atomic mass is 35.5. The number of primary amides is 1. The molecule has 0 heterocycles. The largest absolute Gasteiger partial charge is 0.351 e. The molecular weight excluding hydrogens is 224 g/mol. The number of hydrogen-bond donors (Lipinski definition) is 2. The van der Waals surface area contributed by atoms with Gasteiger partial charge >= 0.3 is 6.03 Å². The first-order chi connectivity index (χ1) is 6.59. The molecule has 0 bridgehead atoms. The van der Waals surface area contributed by atoms with Gasteiger partial charge in [-0.2, -0.15) is 0 Å². The molecule has 1 rings (SSSR count). The Morgan fingerprint density at radius 3 is 2.71 bits per heavy atom. The molecule has 0 unspecified atom stereocenters. The molecule has 14 heavy (non-hydrogen) atoms. The molecule has 6 heteroatoms. The third-order valence-electron chi connectivity index (χ3n) is 1.30. The van der Waals surface area contributed by atoms with Gasteiger partial charge in [-0.3, -0.25) is 9.52 Å². The van der Waals surface area contributed by atoms with E-state index in [-0.39, 0.29) is 5.12 Å². The summed E-state index contributed by atoms with van der Waals surface area (Å²) in [6.07, 6.45) is 0. The molecule has 0 saturated carbocycles. The third-order valence-corrected chi connectivity index (χ3v) is 2.26. The Labute approximate surface area is 89.9 Å². The summed E-state index contributed by atoms with van der Waals surface area (Å²) in [6.45, 7) is 0. The Balaban J connectivity index is 2.65. The van der Waals surface area contributed by atoms with Crippen LogP contribution in [-0.2, 0) is 0 Å². The third kappa shape index (κ3) is 3.27. The van der Waals surface area contributed by atoms with Crippen molar-refractivity contribution in [3.8, 4) is 0 Å². The van der Waals surface area contributed by atoms with Gasteiger partial charge in [0.15, 0.2) is 0 Å². The fraction of sp³-hybridized carbons (Fsp3) is 0. The summed E-state index contributed by atoms with van der Waals surface area (Å²) in [5, 5.41) is 0.154. The molecule has 0 aliphatic carbocycles. The lowest BCUT2D eigenvalue weighted by molar-refractivity contribution is 0.108. The van der Waals surface area contributed by atoms with Crippen molar-refractivity contribution in [3.05, 3.63) is 34.9 Å². The van der Waals surface area contributed by atoms with Crippen LogP contribution in [-0.4, -0.2) is 11.1 Å². The smallest absolute Gasteiger partial charge is 0.322 e. The van der Waals surface area contributed by atoms with E-state index in [0.29, 0.717) is 22.5 Å². The summed E-state index contributed by atoms with van der Waals surface area (Å²) in [5.74, 6) is 0. The maximum Gasteiger partial charge on any atom is 0.322 e. The first-order valence-electron chi connectivity index (χ1n) is 3.62. The van der Waals surface area contributed by atoms with Gasteiger partial charge in [0.05, 0.1) is 0 Å². The van der Waals surface area contributed by atoms with Crippen LogP contribution < -0.4 is 10.5 Å². The van der Waals surface area contributed by atoms with E-state index in [1.165, 1.54) is 6.07 Å². The van der Waals surface area contributed by atoms with Crippen molar-refractivity contribution in [1.82, 2.24) is 4.72 Å². The molecular formula is C8H7ClN2O2S. The zero-order chi connectivity index (χ0) is 10.6. The predicted octanol–water partition coefficient (Wildman–Crippen LogP) is 1.80. The van der Waals surface area contributed by atoms with Crippen molar-refractivity contribution in [3.63, 3.8) is 0 Å². The molecule has 0 aromatic heterocycles. The van der Waals surface area contributed by atoms with Crippen LogP contribution in [0.2, 0.25) is 5.02 Å². The monoisotopic (exact) mass is 230 g/mol. The van der Waals surface area contributed by atoms with Crippen molar-refractivity contribution in [1.29, 1.82) is 0 Å². The molecule has 0 radical (unpaired) electrons. The van der Waals surface area contributed by atoms with E-state index in [1.807, 2.05) is 0 Å². The van der Waals surface area contributed by atoms with Crippen LogP contribution >= 0.6 is 23.5 Å². The van der Waals surface area contributed by atoms with Crippen LogP contribution in [0.25, 0.3) is 0 Å². The first kappa shape index (κ1) is 10.9. The standard InChI is InChI=1S/C8H7ClN2O2S/c9-6-3-1-2-5(4-6)7(12)14-11-8(10)13/h1-4H,(H3,10,11,13). The fourth-order valence-electron chi connectivity index (χ4n) is 0.771. The number of urea groups is 1. The molecule has 0 atom stereocenters. The minimum absolute atomic E-state index is 0.314. The second-order valence-electron chi connectivity index (χ2n) is 2.37. The van der Waals surface area contributed by atoms with Gasteiger partial charge in [0.1, 0.15) is 0 Å². The van der Waals surface area contributed by atoms with Crippen LogP contribution in [0.1, 0.15) is 10.4 Å². The van der Waals surface area contributed by atoms with Crippen LogP contribution in [0, 0.1) is 0 Å². The highest BCUT2D eigenvalue weighted by molar-refractivity contribution is 8.12. The Bertz CT molecular complexity index is 370. The van der Waals surface area contributed by atoms with Gasteiger partial charge < -0.3 is 5.73 Å². The van der Waals surface area contributed by atoms with Gasteiger partial charge in [0.2, 0.25) is 5.12 Å². The van der Waals surface area contributed by atoms with Gasteiger partial charge in [0.25, 0.3) is 0 Å². The first-order valence-corrected chi connectivity index (χ1v) is 4.81. The second kappa shape index (κ2) is 4.88. The Hall–Kier alpha value is -1.20. The molecule has 4 nitrogen and oxygen atoms in total. The molecule has 74 valence electrons. The number of halogens is 1. The molecule has 0 aliphatic rings. The summed E-state index contributed by atoms with van der Waals surface area (Å²) in [7, 11) is 0. The minimum atomic E-state index is -0.759. The summed E-state index contributed by atoms with van der Waals surface area (Å²) in [5.41, 5.74) is 5.21. The maximum atomic E-state index is 11.3. The van der Waals surface area contributed by atoms with Crippen molar-refractivity contribution in [2.45, 2.75) is 0 Å². The summed E-state index contributed by atoms with van der Waals surface area (Å²) >= 11 is 6.30. The number of carbonyl (C=O) groups excluding carboxylic acids is 2. The Morgan fingerprint density at radius 2 is 2.14 bits per heavy atom. The van der Waals surface area contributed by atoms with Crippen LogP contribution in [0.15, 0.2) is 24.3 Å². The highest BCUT2D eigenvalue weighted by Crippen LogP contribution is 2.14. The summed E-state index contributed by atoms with van der Waals surface area (Å²) < 4.78 is 2.13. The minimum Gasteiger partial charge on any atom is -0.351 e. The molecule has 1 aromatic carbocycles. The van der Waals surface area contributed by atoms with Crippen LogP contribution in [0.3, 0.4) is 0 Å². The SMILES string of the molecule is NC(=O)NSC(=O)c1cccc(Cl)c1. The van der Waals surface area contributed by atoms with Crippen molar-refractivity contribution in [2.75, 3.05) is 0 Å². The maximum absolute atomic E-state index is 11.3. The fourth-order valence-corrected chi connectivity index (χ4v) is 1.40. The summed E-state index contributed by atoms with van der Waals surface area (Å²) in [4.78, 5) is 21.6. The lowest BCUT2D eigenvalue weighted by Crippen LogP contribution is -2.24. The molecule has 0 fully saturated rings. The average Bonchev–Trinajstić information content (AvgIpc) is 2.14. The van der Waals surface area contributed by atoms with Gasteiger partial charge in [-0.05, 0) is 12.1 Å². The quantitative estimate of drug-likeness (QED) is 0.723. The van der Waals surface area contributed by atoms with Gasteiger partial charge in [-0.15, -0.1) is 0 Å². The molecule has 0 spiro atoms. The topological polar surface area (TPSA) is 72.2 Å².